The van der Waals surface area contributed by atoms with Crippen LogP contribution in [-0.2, 0) is 0 Å². The van der Waals surface area contributed by atoms with E-state index in [0.717, 1.165) is 12.2 Å². The van der Waals surface area contributed by atoms with Crippen molar-refractivity contribution in [3.05, 3.63) is 23.2 Å². The molecule has 0 saturated heterocycles. The molecule has 90 valence electrons. The molecule has 16 heavy (non-hydrogen) atoms. The summed E-state index contributed by atoms with van der Waals surface area (Å²) in [6, 6.07) is 5.82. The van der Waals surface area contributed by atoms with Gasteiger partial charge in [0.2, 0.25) is 0 Å². The van der Waals surface area contributed by atoms with Crippen LogP contribution in [0.25, 0.3) is 0 Å². The third-order valence-corrected chi connectivity index (χ3v) is 2.79. The van der Waals surface area contributed by atoms with Gasteiger partial charge < -0.3 is 15.7 Å². The van der Waals surface area contributed by atoms with E-state index in [1.54, 1.807) is 0 Å². The SMILES string of the molecule is CC(C)N(CCCO)c1c(N)cccc1Cl. The van der Waals surface area contributed by atoms with Crippen molar-refractivity contribution in [3.8, 4) is 0 Å². The highest BCUT2D eigenvalue weighted by Gasteiger charge is 2.15. The molecule has 0 unspecified atom stereocenters. The van der Waals surface area contributed by atoms with E-state index >= 15 is 0 Å². The van der Waals surface area contributed by atoms with Crippen molar-refractivity contribution in [2.24, 2.45) is 0 Å². The summed E-state index contributed by atoms with van der Waals surface area (Å²) in [4.78, 5) is 2.12. The number of nitrogens with zero attached hydrogens (tertiary/aromatic N) is 1. The quantitative estimate of drug-likeness (QED) is 0.781. The van der Waals surface area contributed by atoms with Crippen LogP contribution in [0.5, 0.6) is 0 Å². The van der Waals surface area contributed by atoms with Crippen LogP contribution >= 0.6 is 11.6 Å². The Kier molecular flexibility index (Phi) is 4.90. The maximum absolute atomic E-state index is 8.89. The Bertz CT molecular complexity index is 322. The Morgan fingerprint density at radius 3 is 2.62 bits per heavy atom. The van der Waals surface area contributed by atoms with Gasteiger partial charge in [0.1, 0.15) is 0 Å². The fraction of sp³-hybridized carbons (Fsp3) is 0.500. The van der Waals surface area contributed by atoms with E-state index in [9.17, 15) is 0 Å². The van der Waals surface area contributed by atoms with Crippen LogP contribution in [0.4, 0.5) is 11.4 Å². The molecule has 4 heteroatoms. The van der Waals surface area contributed by atoms with Crippen LogP contribution in [0, 0.1) is 0 Å². The molecule has 0 aliphatic rings. The average Bonchev–Trinajstić information content (AvgIpc) is 2.21. The molecule has 0 bridgehead atoms. The highest BCUT2D eigenvalue weighted by molar-refractivity contribution is 6.34. The number of halogens is 1. The second kappa shape index (κ2) is 5.97. The second-order valence-electron chi connectivity index (χ2n) is 4.04. The van der Waals surface area contributed by atoms with E-state index in [2.05, 4.69) is 18.7 Å². The van der Waals surface area contributed by atoms with Gasteiger partial charge in [0, 0.05) is 19.2 Å². The zero-order chi connectivity index (χ0) is 12.1. The maximum Gasteiger partial charge on any atom is 0.0791 e. The number of aliphatic hydroxyl groups excluding tert-OH is 1. The van der Waals surface area contributed by atoms with Crippen molar-refractivity contribution in [1.29, 1.82) is 0 Å². The normalized spacial score (nSPS) is 10.8. The highest BCUT2D eigenvalue weighted by Crippen LogP contribution is 2.33. The van der Waals surface area contributed by atoms with Gasteiger partial charge >= 0.3 is 0 Å². The molecule has 0 fully saturated rings. The first-order valence-electron chi connectivity index (χ1n) is 5.49. The molecule has 0 aliphatic heterocycles. The number of rotatable bonds is 5. The predicted molar refractivity (Wildman–Crippen MR) is 70.0 cm³/mol. The Labute approximate surface area is 102 Å². The fourth-order valence-electron chi connectivity index (χ4n) is 1.70. The van der Waals surface area contributed by atoms with Crippen molar-refractivity contribution >= 4 is 23.0 Å². The van der Waals surface area contributed by atoms with Crippen LogP contribution in [-0.4, -0.2) is 24.3 Å². The standard InChI is InChI=1S/C12H19ClN2O/c1-9(2)15(7-4-8-16)12-10(13)5-3-6-11(12)14/h3,5-6,9,16H,4,7-8,14H2,1-2H3. The summed E-state index contributed by atoms with van der Waals surface area (Å²) in [5.41, 5.74) is 7.49. The topological polar surface area (TPSA) is 49.5 Å². The minimum atomic E-state index is 0.174. The third kappa shape index (κ3) is 3.03. The Morgan fingerprint density at radius 1 is 1.44 bits per heavy atom. The molecule has 0 saturated carbocycles. The molecule has 0 spiro atoms. The first-order chi connectivity index (χ1) is 7.57. The van der Waals surface area contributed by atoms with Gasteiger partial charge in [-0.05, 0) is 32.4 Å². The van der Waals surface area contributed by atoms with Gasteiger partial charge in [-0.3, -0.25) is 0 Å². The van der Waals surface area contributed by atoms with E-state index in [0.29, 0.717) is 23.2 Å². The molecule has 0 aromatic heterocycles. The number of para-hydroxylation sites is 1. The largest absolute Gasteiger partial charge is 0.397 e. The van der Waals surface area contributed by atoms with Crippen molar-refractivity contribution < 1.29 is 5.11 Å². The number of hydrogen-bond acceptors (Lipinski definition) is 3. The lowest BCUT2D eigenvalue weighted by molar-refractivity contribution is 0.288. The molecule has 1 rings (SSSR count). The Balaban J connectivity index is 3.00. The van der Waals surface area contributed by atoms with Gasteiger partial charge in [-0.1, -0.05) is 17.7 Å². The lowest BCUT2D eigenvalue weighted by Crippen LogP contribution is -2.33. The zero-order valence-electron chi connectivity index (χ0n) is 9.78. The molecule has 1 aromatic rings. The molecule has 0 atom stereocenters. The first-order valence-corrected chi connectivity index (χ1v) is 5.87. The molecule has 3 N–H and O–H groups in total. The van der Waals surface area contributed by atoms with Gasteiger partial charge in [0.15, 0.2) is 0 Å². The van der Waals surface area contributed by atoms with Crippen molar-refractivity contribution in [1.82, 2.24) is 0 Å². The van der Waals surface area contributed by atoms with Crippen molar-refractivity contribution in [3.63, 3.8) is 0 Å². The maximum atomic E-state index is 8.89. The fourth-order valence-corrected chi connectivity index (χ4v) is 1.99. The summed E-state index contributed by atoms with van der Waals surface area (Å²) < 4.78 is 0. The minimum Gasteiger partial charge on any atom is -0.397 e. The molecule has 1 aromatic carbocycles. The van der Waals surface area contributed by atoms with E-state index in [-0.39, 0.29) is 6.61 Å². The highest BCUT2D eigenvalue weighted by atomic mass is 35.5. The van der Waals surface area contributed by atoms with Gasteiger partial charge in [-0.2, -0.15) is 0 Å². The smallest absolute Gasteiger partial charge is 0.0791 e. The zero-order valence-corrected chi connectivity index (χ0v) is 10.5. The Hall–Kier alpha value is -0.930. The molecule has 0 radical (unpaired) electrons. The van der Waals surface area contributed by atoms with Crippen LogP contribution in [0.3, 0.4) is 0 Å². The lowest BCUT2D eigenvalue weighted by Gasteiger charge is -2.30. The Morgan fingerprint density at radius 2 is 2.12 bits per heavy atom. The molecule has 0 heterocycles. The summed E-state index contributed by atoms with van der Waals surface area (Å²) in [6.07, 6.45) is 0.711. The van der Waals surface area contributed by atoms with E-state index in [1.807, 2.05) is 18.2 Å². The number of hydrogen-bond donors (Lipinski definition) is 2. The van der Waals surface area contributed by atoms with Crippen LogP contribution in [0.15, 0.2) is 18.2 Å². The second-order valence-corrected chi connectivity index (χ2v) is 4.45. The van der Waals surface area contributed by atoms with Gasteiger partial charge in [-0.15, -0.1) is 0 Å². The number of anilines is 2. The summed E-state index contributed by atoms with van der Waals surface area (Å²) in [5, 5.41) is 9.55. The lowest BCUT2D eigenvalue weighted by atomic mass is 10.2. The number of nitrogens with two attached hydrogens (primary N) is 1. The number of aliphatic hydroxyl groups is 1. The van der Waals surface area contributed by atoms with Crippen LogP contribution in [0.2, 0.25) is 5.02 Å². The summed E-state index contributed by atoms with van der Waals surface area (Å²) >= 11 is 6.16. The van der Waals surface area contributed by atoms with Gasteiger partial charge in [0.25, 0.3) is 0 Å². The molecule has 0 aliphatic carbocycles. The van der Waals surface area contributed by atoms with Crippen LogP contribution < -0.4 is 10.6 Å². The summed E-state index contributed by atoms with van der Waals surface area (Å²) in [6.45, 7) is 5.09. The van der Waals surface area contributed by atoms with Gasteiger partial charge in [-0.25, -0.2) is 0 Å². The first kappa shape index (κ1) is 13.1. The molecular weight excluding hydrogens is 224 g/mol. The number of benzene rings is 1. The van der Waals surface area contributed by atoms with Crippen molar-refractivity contribution in [2.75, 3.05) is 23.8 Å². The average molecular weight is 243 g/mol. The monoisotopic (exact) mass is 242 g/mol. The van der Waals surface area contributed by atoms with Gasteiger partial charge in [0.05, 0.1) is 16.4 Å². The summed E-state index contributed by atoms with van der Waals surface area (Å²) in [7, 11) is 0. The third-order valence-electron chi connectivity index (χ3n) is 2.49. The van der Waals surface area contributed by atoms with E-state index in [1.165, 1.54) is 0 Å². The van der Waals surface area contributed by atoms with Crippen molar-refractivity contribution in [2.45, 2.75) is 26.3 Å². The van der Waals surface area contributed by atoms with E-state index in [4.69, 9.17) is 22.4 Å². The molecular formula is C12H19ClN2O. The van der Waals surface area contributed by atoms with Crippen LogP contribution in [0.1, 0.15) is 20.3 Å². The number of nitrogen functional groups attached to an aromatic ring is 1. The minimum absolute atomic E-state index is 0.174. The molecule has 3 nitrogen and oxygen atoms in total. The predicted octanol–water partition coefficient (Wildman–Crippen LogP) is 2.52. The van der Waals surface area contributed by atoms with E-state index < -0.39 is 0 Å². The molecule has 0 amide bonds. The summed E-state index contributed by atoms with van der Waals surface area (Å²) in [5.74, 6) is 0.